The van der Waals surface area contributed by atoms with Gasteiger partial charge in [0.05, 0.1) is 11.3 Å². The molecule has 0 fully saturated rings. The van der Waals surface area contributed by atoms with Gasteiger partial charge in [0.2, 0.25) is 5.91 Å². The summed E-state index contributed by atoms with van der Waals surface area (Å²) in [6.07, 6.45) is 2.77. The summed E-state index contributed by atoms with van der Waals surface area (Å²) in [5, 5.41) is 11.7. The molecular formula is C15H12BrNO4. The predicted octanol–water partition coefficient (Wildman–Crippen LogP) is 3.70. The van der Waals surface area contributed by atoms with Crippen molar-refractivity contribution in [1.29, 1.82) is 0 Å². The molecule has 0 aliphatic rings. The molecule has 6 heteroatoms. The fourth-order valence-corrected chi connectivity index (χ4v) is 2.01. The number of furan rings is 1. The van der Waals surface area contributed by atoms with Gasteiger partial charge in [-0.25, -0.2) is 4.79 Å². The summed E-state index contributed by atoms with van der Waals surface area (Å²) in [5.41, 5.74) is 1.11. The van der Waals surface area contributed by atoms with E-state index in [4.69, 9.17) is 9.52 Å². The number of carbonyl (C=O) groups excluding carboxylic acids is 1. The summed E-state index contributed by atoms with van der Waals surface area (Å²) in [4.78, 5) is 23.0. The SMILES string of the molecule is Cc1ccc(NC(=O)/C=C/c2ccc(Br)o2)c(C(=O)O)c1. The van der Waals surface area contributed by atoms with Gasteiger partial charge in [-0.15, -0.1) is 0 Å². The van der Waals surface area contributed by atoms with E-state index in [0.717, 1.165) is 5.56 Å². The molecule has 0 aliphatic carbocycles. The van der Waals surface area contributed by atoms with Crippen molar-refractivity contribution >= 4 is 39.6 Å². The van der Waals surface area contributed by atoms with Crippen LogP contribution in [0.5, 0.6) is 0 Å². The molecule has 108 valence electrons. The lowest BCUT2D eigenvalue weighted by atomic mass is 10.1. The summed E-state index contributed by atoms with van der Waals surface area (Å²) in [7, 11) is 0. The van der Waals surface area contributed by atoms with Gasteiger partial charge in [0.1, 0.15) is 5.76 Å². The van der Waals surface area contributed by atoms with Crippen LogP contribution < -0.4 is 5.32 Å². The van der Waals surface area contributed by atoms with Crippen LogP contribution in [0, 0.1) is 6.92 Å². The van der Waals surface area contributed by atoms with E-state index in [1.165, 1.54) is 18.2 Å². The predicted molar refractivity (Wildman–Crippen MR) is 82.2 cm³/mol. The van der Waals surface area contributed by atoms with E-state index in [1.807, 2.05) is 0 Å². The molecular weight excluding hydrogens is 338 g/mol. The first-order valence-corrected chi connectivity index (χ1v) is 6.83. The Balaban J connectivity index is 2.13. The molecule has 1 aromatic heterocycles. The number of hydrogen-bond acceptors (Lipinski definition) is 3. The maximum atomic E-state index is 11.8. The number of benzene rings is 1. The first kappa shape index (κ1) is 15.1. The van der Waals surface area contributed by atoms with E-state index in [2.05, 4.69) is 21.2 Å². The van der Waals surface area contributed by atoms with Gasteiger partial charge >= 0.3 is 5.97 Å². The third-order valence-electron chi connectivity index (χ3n) is 2.66. The zero-order valence-electron chi connectivity index (χ0n) is 11.1. The fourth-order valence-electron chi connectivity index (χ4n) is 1.69. The molecule has 0 radical (unpaired) electrons. The molecule has 2 rings (SSSR count). The average molecular weight is 350 g/mol. The van der Waals surface area contributed by atoms with Crippen molar-refractivity contribution in [2.24, 2.45) is 0 Å². The third kappa shape index (κ3) is 4.06. The smallest absolute Gasteiger partial charge is 0.337 e. The fraction of sp³-hybridized carbons (Fsp3) is 0.0667. The van der Waals surface area contributed by atoms with Crippen LogP contribution in [-0.2, 0) is 4.79 Å². The van der Waals surface area contributed by atoms with Crippen molar-refractivity contribution in [1.82, 2.24) is 0 Å². The minimum Gasteiger partial charge on any atom is -0.478 e. The van der Waals surface area contributed by atoms with E-state index in [1.54, 1.807) is 31.2 Å². The van der Waals surface area contributed by atoms with Crippen molar-refractivity contribution in [2.75, 3.05) is 5.32 Å². The Bertz CT molecular complexity index is 718. The Morgan fingerprint density at radius 1 is 1.29 bits per heavy atom. The van der Waals surface area contributed by atoms with E-state index < -0.39 is 11.9 Å². The van der Waals surface area contributed by atoms with Crippen LogP contribution in [0.2, 0.25) is 0 Å². The Labute approximate surface area is 129 Å². The highest BCUT2D eigenvalue weighted by Crippen LogP contribution is 2.18. The lowest BCUT2D eigenvalue weighted by Crippen LogP contribution is -2.12. The summed E-state index contributed by atoms with van der Waals surface area (Å²) in [6, 6.07) is 8.21. The number of carboxylic acid groups (broad SMARTS) is 1. The molecule has 2 N–H and O–H groups in total. The number of aryl methyl sites for hydroxylation is 1. The molecule has 0 saturated heterocycles. The number of hydrogen-bond donors (Lipinski definition) is 2. The van der Waals surface area contributed by atoms with E-state index >= 15 is 0 Å². The third-order valence-corrected chi connectivity index (χ3v) is 3.08. The zero-order valence-corrected chi connectivity index (χ0v) is 12.7. The molecule has 0 spiro atoms. The number of anilines is 1. The largest absolute Gasteiger partial charge is 0.478 e. The van der Waals surface area contributed by atoms with Crippen LogP contribution in [0.4, 0.5) is 5.69 Å². The maximum Gasteiger partial charge on any atom is 0.337 e. The van der Waals surface area contributed by atoms with Crippen LogP contribution in [-0.4, -0.2) is 17.0 Å². The summed E-state index contributed by atoms with van der Waals surface area (Å²) in [6.45, 7) is 1.78. The second-order valence-electron chi connectivity index (χ2n) is 4.32. The van der Waals surface area contributed by atoms with Gasteiger partial charge in [0.25, 0.3) is 0 Å². The molecule has 1 heterocycles. The first-order chi connectivity index (χ1) is 9.95. The van der Waals surface area contributed by atoms with Gasteiger partial charge in [-0.2, -0.15) is 0 Å². The summed E-state index contributed by atoms with van der Waals surface area (Å²) >= 11 is 3.16. The maximum absolute atomic E-state index is 11.8. The number of rotatable bonds is 4. The van der Waals surface area contributed by atoms with Gasteiger partial charge in [0, 0.05) is 6.08 Å². The Morgan fingerprint density at radius 2 is 2.05 bits per heavy atom. The molecule has 0 atom stereocenters. The van der Waals surface area contributed by atoms with Gasteiger partial charge in [0.15, 0.2) is 4.67 Å². The molecule has 21 heavy (non-hydrogen) atoms. The van der Waals surface area contributed by atoms with Gasteiger partial charge in [-0.05, 0) is 53.2 Å². The highest BCUT2D eigenvalue weighted by atomic mass is 79.9. The molecule has 5 nitrogen and oxygen atoms in total. The number of halogens is 1. The minimum atomic E-state index is -1.09. The molecule has 0 unspecified atom stereocenters. The van der Waals surface area contributed by atoms with Gasteiger partial charge in [-0.1, -0.05) is 11.6 Å². The van der Waals surface area contributed by atoms with Crippen molar-refractivity contribution < 1.29 is 19.1 Å². The summed E-state index contributed by atoms with van der Waals surface area (Å²) < 4.78 is 5.78. The van der Waals surface area contributed by atoms with Crippen molar-refractivity contribution in [2.45, 2.75) is 6.92 Å². The molecule has 1 aromatic carbocycles. The van der Waals surface area contributed by atoms with Crippen LogP contribution in [0.3, 0.4) is 0 Å². The second-order valence-corrected chi connectivity index (χ2v) is 5.10. The number of amides is 1. The lowest BCUT2D eigenvalue weighted by molar-refractivity contribution is -0.111. The van der Waals surface area contributed by atoms with Crippen LogP contribution >= 0.6 is 15.9 Å². The Morgan fingerprint density at radius 3 is 2.67 bits per heavy atom. The minimum absolute atomic E-state index is 0.0532. The summed E-state index contributed by atoms with van der Waals surface area (Å²) in [5.74, 6) is -1.01. The lowest BCUT2D eigenvalue weighted by Gasteiger charge is -2.07. The van der Waals surface area contributed by atoms with E-state index in [0.29, 0.717) is 10.4 Å². The Hall–Kier alpha value is -2.34. The normalized spacial score (nSPS) is 10.8. The van der Waals surface area contributed by atoms with Crippen molar-refractivity contribution in [3.63, 3.8) is 0 Å². The number of carbonyl (C=O) groups is 2. The monoisotopic (exact) mass is 349 g/mol. The van der Waals surface area contributed by atoms with Crippen LogP contribution in [0.1, 0.15) is 21.7 Å². The average Bonchev–Trinajstić information content (AvgIpc) is 2.84. The standard InChI is InChI=1S/C15H12BrNO4/c1-9-2-5-12(11(8-9)15(19)20)17-14(18)7-4-10-3-6-13(16)21-10/h2-8H,1H3,(H,17,18)(H,19,20)/b7-4+. The van der Waals surface area contributed by atoms with Crippen molar-refractivity contribution in [3.05, 3.63) is 58.0 Å². The van der Waals surface area contributed by atoms with E-state index in [9.17, 15) is 9.59 Å². The van der Waals surface area contributed by atoms with Gasteiger partial charge in [-0.3, -0.25) is 4.79 Å². The molecule has 0 aliphatic heterocycles. The van der Waals surface area contributed by atoms with Gasteiger partial charge < -0.3 is 14.8 Å². The topological polar surface area (TPSA) is 79.5 Å². The first-order valence-electron chi connectivity index (χ1n) is 6.04. The van der Waals surface area contributed by atoms with Crippen LogP contribution in [0.15, 0.2) is 45.5 Å². The molecule has 2 aromatic rings. The zero-order chi connectivity index (χ0) is 15.4. The number of aromatic carboxylic acids is 1. The molecule has 0 saturated carbocycles. The molecule has 1 amide bonds. The number of nitrogens with one attached hydrogen (secondary N) is 1. The van der Waals surface area contributed by atoms with Crippen molar-refractivity contribution in [3.8, 4) is 0 Å². The Kier molecular flexibility index (Phi) is 4.59. The van der Waals surface area contributed by atoms with E-state index in [-0.39, 0.29) is 11.3 Å². The second kappa shape index (κ2) is 6.41. The molecule has 0 bridgehead atoms. The van der Waals surface area contributed by atoms with Crippen LogP contribution in [0.25, 0.3) is 6.08 Å². The highest BCUT2D eigenvalue weighted by molar-refractivity contribution is 9.10. The number of carboxylic acids is 1. The quantitative estimate of drug-likeness (QED) is 0.824. The highest BCUT2D eigenvalue weighted by Gasteiger charge is 2.11.